The van der Waals surface area contributed by atoms with Gasteiger partial charge in [-0.3, -0.25) is 4.79 Å². The molecule has 6 nitrogen and oxygen atoms in total. The first-order valence-electron chi connectivity index (χ1n) is 8.40. The van der Waals surface area contributed by atoms with E-state index in [1.165, 1.54) is 25.3 Å². The van der Waals surface area contributed by atoms with E-state index in [0.29, 0.717) is 5.56 Å². The van der Waals surface area contributed by atoms with E-state index in [4.69, 9.17) is 4.74 Å². The number of carbonyl (C=O) groups is 1. The monoisotopic (exact) mass is 363 g/mol. The van der Waals surface area contributed by atoms with E-state index in [-0.39, 0.29) is 11.5 Å². The van der Waals surface area contributed by atoms with Crippen molar-refractivity contribution in [3.8, 4) is 11.5 Å². The zero-order chi connectivity index (χ0) is 19.4. The van der Waals surface area contributed by atoms with Crippen LogP contribution in [0.15, 0.2) is 59.7 Å². The van der Waals surface area contributed by atoms with Crippen LogP contribution in [0.25, 0.3) is 10.8 Å². The molecule has 3 aromatic carbocycles. The number of aromatic hydroxyl groups is 1. The van der Waals surface area contributed by atoms with Crippen LogP contribution in [0.1, 0.15) is 15.9 Å². The Labute approximate surface area is 157 Å². The minimum atomic E-state index is -0.390. The van der Waals surface area contributed by atoms with Crippen molar-refractivity contribution in [2.45, 2.75) is 0 Å². The summed E-state index contributed by atoms with van der Waals surface area (Å²) in [7, 11) is 5.43. The van der Waals surface area contributed by atoms with Gasteiger partial charge in [-0.25, -0.2) is 5.43 Å². The number of hydrazone groups is 1. The van der Waals surface area contributed by atoms with Crippen molar-refractivity contribution in [2.24, 2.45) is 5.10 Å². The van der Waals surface area contributed by atoms with E-state index in [0.717, 1.165) is 22.0 Å². The molecule has 0 aliphatic heterocycles. The highest BCUT2D eigenvalue weighted by Gasteiger charge is 2.09. The van der Waals surface area contributed by atoms with E-state index >= 15 is 0 Å². The fourth-order valence-corrected chi connectivity index (χ4v) is 2.85. The summed E-state index contributed by atoms with van der Waals surface area (Å²) >= 11 is 0. The molecule has 0 heterocycles. The van der Waals surface area contributed by atoms with E-state index in [9.17, 15) is 9.90 Å². The number of ether oxygens (including phenoxy) is 1. The molecule has 0 atom stereocenters. The van der Waals surface area contributed by atoms with Crippen LogP contribution in [-0.4, -0.2) is 38.4 Å². The molecular weight excluding hydrogens is 342 g/mol. The molecule has 0 saturated carbocycles. The molecule has 0 fully saturated rings. The maximum Gasteiger partial charge on any atom is 0.271 e. The van der Waals surface area contributed by atoms with Gasteiger partial charge in [-0.2, -0.15) is 5.10 Å². The number of benzene rings is 3. The Kier molecular flexibility index (Phi) is 5.26. The number of phenolic OH excluding ortho intramolecular Hbond substituents is 1. The van der Waals surface area contributed by atoms with Gasteiger partial charge in [0.2, 0.25) is 0 Å². The minimum absolute atomic E-state index is 0.0231. The van der Waals surface area contributed by atoms with Gasteiger partial charge < -0.3 is 14.7 Å². The first kappa shape index (κ1) is 18.3. The highest BCUT2D eigenvalue weighted by Crippen LogP contribution is 2.28. The van der Waals surface area contributed by atoms with E-state index < -0.39 is 5.91 Å². The molecule has 0 aliphatic rings. The summed E-state index contributed by atoms with van der Waals surface area (Å²) in [5.41, 5.74) is 4.86. The third-order valence-electron chi connectivity index (χ3n) is 4.23. The quantitative estimate of drug-likeness (QED) is 0.538. The summed E-state index contributed by atoms with van der Waals surface area (Å²) in [5.74, 6) is -0.180. The van der Waals surface area contributed by atoms with Gasteiger partial charge >= 0.3 is 0 Å². The molecule has 0 aromatic heterocycles. The summed E-state index contributed by atoms with van der Waals surface area (Å²) in [6, 6.07) is 16.4. The highest BCUT2D eigenvalue weighted by atomic mass is 16.5. The lowest BCUT2D eigenvalue weighted by atomic mass is 10.0. The topological polar surface area (TPSA) is 74.2 Å². The Bertz CT molecular complexity index is 1010. The first-order chi connectivity index (χ1) is 13.0. The van der Waals surface area contributed by atoms with Crippen LogP contribution in [0.4, 0.5) is 5.69 Å². The molecule has 6 heteroatoms. The van der Waals surface area contributed by atoms with Crippen molar-refractivity contribution in [2.75, 3.05) is 26.1 Å². The molecule has 0 spiro atoms. The van der Waals surface area contributed by atoms with Gasteiger partial charge in [-0.15, -0.1) is 0 Å². The lowest BCUT2D eigenvalue weighted by Crippen LogP contribution is -2.17. The number of hydrogen-bond donors (Lipinski definition) is 2. The van der Waals surface area contributed by atoms with Crippen LogP contribution in [-0.2, 0) is 0 Å². The number of carbonyl (C=O) groups excluding carboxylic acids is 1. The highest BCUT2D eigenvalue weighted by molar-refractivity contribution is 6.05. The van der Waals surface area contributed by atoms with Gasteiger partial charge in [-0.1, -0.05) is 30.3 Å². The van der Waals surface area contributed by atoms with Crippen molar-refractivity contribution < 1.29 is 14.6 Å². The third kappa shape index (κ3) is 3.84. The largest absolute Gasteiger partial charge is 0.504 e. The van der Waals surface area contributed by atoms with Gasteiger partial charge in [-0.05, 0) is 29.7 Å². The van der Waals surface area contributed by atoms with Crippen LogP contribution in [0, 0.1) is 0 Å². The number of nitrogens with one attached hydrogen (secondary N) is 1. The predicted octanol–water partition coefficient (Wildman–Crippen LogP) is 3.38. The maximum atomic E-state index is 12.3. The SMILES string of the molecule is COc1cc(C(=O)N/N=C/c2ccc(N(C)C)c3ccccc23)ccc1O. The van der Waals surface area contributed by atoms with Gasteiger partial charge in [0.15, 0.2) is 11.5 Å². The number of anilines is 1. The second-order valence-electron chi connectivity index (χ2n) is 6.20. The van der Waals surface area contributed by atoms with Crippen molar-refractivity contribution >= 4 is 28.6 Å². The van der Waals surface area contributed by atoms with Crippen LogP contribution in [0.2, 0.25) is 0 Å². The number of rotatable bonds is 5. The van der Waals surface area contributed by atoms with Crippen molar-refractivity contribution in [1.82, 2.24) is 5.43 Å². The molecule has 3 rings (SSSR count). The van der Waals surface area contributed by atoms with Gasteiger partial charge in [0.1, 0.15) is 0 Å². The van der Waals surface area contributed by atoms with E-state index in [2.05, 4.69) is 21.5 Å². The van der Waals surface area contributed by atoms with Crippen LogP contribution in [0.3, 0.4) is 0 Å². The number of amides is 1. The number of hydrogen-bond acceptors (Lipinski definition) is 5. The summed E-state index contributed by atoms with van der Waals surface area (Å²) < 4.78 is 5.02. The van der Waals surface area contributed by atoms with E-state index in [1.807, 2.05) is 44.4 Å². The summed E-state index contributed by atoms with van der Waals surface area (Å²) in [4.78, 5) is 14.3. The van der Waals surface area contributed by atoms with Crippen molar-refractivity contribution in [1.29, 1.82) is 0 Å². The van der Waals surface area contributed by atoms with Crippen LogP contribution in [0.5, 0.6) is 11.5 Å². The smallest absolute Gasteiger partial charge is 0.271 e. The Hall–Kier alpha value is -3.54. The first-order valence-corrected chi connectivity index (χ1v) is 8.40. The zero-order valence-electron chi connectivity index (χ0n) is 15.4. The Morgan fingerprint density at radius 2 is 1.85 bits per heavy atom. The molecule has 1 amide bonds. The zero-order valence-corrected chi connectivity index (χ0v) is 15.4. The van der Waals surface area contributed by atoms with Crippen molar-refractivity contribution in [3.05, 3.63) is 65.7 Å². The molecule has 0 unspecified atom stereocenters. The van der Waals surface area contributed by atoms with Crippen LogP contribution >= 0.6 is 0 Å². The second-order valence-corrected chi connectivity index (χ2v) is 6.20. The molecule has 138 valence electrons. The maximum absolute atomic E-state index is 12.3. The molecule has 0 saturated heterocycles. The average molecular weight is 363 g/mol. The Morgan fingerprint density at radius 1 is 1.11 bits per heavy atom. The average Bonchev–Trinajstić information content (AvgIpc) is 2.68. The summed E-state index contributed by atoms with van der Waals surface area (Å²) in [6.07, 6.45) is 1.62. The molecule has 0 aliphatic carbocycles. The van der Waals surface area contributed by atoms with Gasteiger partial charge in [0, 0.05) is 36.3 Å². The Morgan fingerprint density at radius 3 is 2.56 bits per heavy atom. The lowest BCUT2D eigenvalue weighted by molar-refractivity contribution is 0.0954. The Balaban J connectivity index is 1.83. The normalized spacial score (nSPS) is 10.9. The van der Waals surface area contributed by atoms with Crippen LogP contribution < -0.4 is 15.1 Å². The molecular formula is C21H21N3O3. The number of fused-ring (bicyclic) bond motifs is 1. The van der Waals surface area contributed by atoms with E-state index in [1.54, 1.807) is 6.21 Å². The lowest BCUT2D eigenvalue weighted by Gasteiger charge is -2.16. The third-order valence-corrected chi connectivity index (χ3v) is 4.23. The molecule has 0 bridgehead atoms. The predicted molar refractivity (Wildman–Crippen MR) is 108 cm³/mol. The van der Waals surface area contributed by atoms with Gasteiger partial charge in [0.25, 0.3) is 5.91 Å². The molecule has 0 radical (unpaired) electrons. The molecule has 3 aromatic rings. The minimum Gasteiger partial charge on any atom is -0.504 e. The fourth-order valence-electron chi connectivity index (χ4n) is 2.85. The van der Waals surface area contributed by atoms with Crippen molar-refractivity contribution in [3.63, 3.8) is 0 Å². The fraction of sp³-hybridized carbons (Fsp3) is 0.143. The standard InChI is InChI=1S/C21H21N3O3/c1-24(2)18-10-8-15(16-6-4-5-7-17(16)18)13-22-23-21(26)14-9-11-19(25)20(12-14)27-3/h4-13,25H,1-3H3,(H,23,26)/b22-13+. The number of nitrogens with zero attached hydrogens (tertiary/aromatic N) is 2. The number of phenols is 1. The number of methoxy groups -OCH3 is 1. The molecule has 27 heavy (non-hydrogen) atoms. The van der Waals surface area contributed by atoms with Gasteiger partial charge in [0.05, 0.1) is 13.3 Å². The molecule has 2 N–H and O–H groups in total. The second kappa shape index (κ2) is 7.78. The summed E-state index contributed by atoms with van der Waals surface area (Å²) in [5, 5.41) is 15.9. The summed E-state index contributed by atoms with van der Waals surface area (Å²) in [6.45, 7) is 0.